The Balaban J connectivity index is 1.91. The lowest BCUT2D eigenvalue weighted by Crippen LogP contribution is -2.25. The van der Waals surface area contributed by atoms with Gasteiger partial charge in [0, 0.05) is 17.0 Å². The number of benzene rings is 3. The molecule has 5 aromatic rings. The Bertz CT molecular complexity index is 1370. The second kappa shape index (κ2) is 6.83. The van der Waals surface area contributed by atoms with Crippen molar-refractivity contribution in [1.29, 1.82) is 0 Å². The molecule has 136 valence electrons. The van der Waals surface area contributed by atoms with Crippen LogP contribution in [0.3, 0.4) is 0 Å². The van der Waals surface area contributed by atoms with Crippen LogP contribution in [-0.2, 0) is 4.74 Å². The average molecular weight is 496 g/mol. The van der Waals surface area contributed by atoms with Crippen molar-refractivity contribution in [1.82, 2.24) is 0 Å². The summed E-state index contributed by atoms with van der Waals surface area (Å²) >= 11 is 4.25. The van der Waals surface area contributed by atoms with Crippen molar-refractivity contribution in [2.45, 2.75) is 0 Å². The van der Waals surface area contributed by atoms with Gasteiger partial charge in [0.2, 0.25) is 11.2 Å². The highest BCUT2D eigenvalue weighted by molar-refractivity contribution is 14.1. The molecule has 0 aliphatic carbocycles. The number of fused-ring (bicyclic) bond motifs is 5. The smallest absolute Gasteiger partial charge is 0.337 e. The number of thiazole rings is 1. The van der Waals surface area contributed by atoms with E-state index in [4.69, 9.17) is 4.74 Å². The highest BCUT2D eigenvalue weighted by atomic mass is 127. The summed E-state index contributed by atoms with van der Waals surface area (Å²) in [6.07, 6.45) is 0. The summed E-state index contributed by atoms with van der Waals surface area (Å²) in [7, 11) is 1.40. The van der Waals surface area contributed by atoms with E-state index < -0.39 is 0 Å². The van der Waals surface area contributed by atoms with Crippen molar-refractivity contribution in [3.8, 4) is 11.3 Å². The van der Waals surface area contributed by atoms with E-state index in [0.29, 0.717) is 5.56 Å². The SMILES string of the molecule is COC(=O)c1ccc(-c2c(I)c3ccccc3c3sc4ccccc4[n+]23)cc1. The number of aromatic nitrogens is 1. The number of para-hydroxylation sites is 1. The van der Waals surface area contributed by atoms with Gasteiger partial charge in [-0.25, -0.2) is 4.79 Å². The number of hydrogen-bond donors (Lipinski definition) is 0. The van der Waals surface area contributed by atoms with Crippen LogP contribution in [0.15, 0.2) is 72.8 Å². The fourth-order valence-electron chi connectivity index (χ4n) is 3.61. The summed E-state index contributed by atoms with van der Waals surface area (Å²) in [6.45, 7) is 0. The van der Waals surface area contributed by atoms with Crippen LogP contribution in [-0.4, -0.2) is 13.1 Å². The Morgan fingerprint density at radius 1 is 0.929 bits per heavy atom. The summed E-state index contributed by atoms with van der Waals surface area (Å²) in [4.78, 5) is 13.0. The zero-order valence-corrected chi connectivity index (χ0v) is 18.0. The van der Waals surface area contributed by atoms with Crippen LogP contribution in [0.25, 0.3) is 37.1 Å². The van der Waals surface area contributed by atoms with Gasteiger partial charge in [-0.2, -0.15) is 0 Å². The minimum Gasteiger partial charge on any atom is -0.465 e. The molecule has 3 aromatic carbocycles. The van der Waals surface area contributed by atoms with Crippen LogP contribution in [0.1, 0.15) is 10.4 Å². The van der Waals surface area contributed by atoms with E-state index in [-0.39, 0.29) is 5.97 Å². The third-order valence-electron chi connectivity index (χ3n) is 4.92. The van der Waals surface area contributed by atoms with Gasteiger partial charge in [0.1, 0.15) is 4.70 Å². The first-order valence-electron chi connectivity index (χ1n) is 8.81. The topological polar surface area (TPSA) is 30.4 Å². The van der Waals surface area contributed by atoms with Crippen LogP contribution in [0.2, 0.25) is 0 Å². The maximum atomic E-state index is 11.8. The van der Waals surface area contributed by atoms with Gasteiger partial charge in [0.25, 0.3) is 4.83 Å². The number of carbonyl (C=O) groups is 1. The normalized spacial score (nSPS) is 11.4. The molecule has 5 heteroatoms. The number of hydrogen-bond acceptors (Lipinski definition) is 3. The molecular weight excluding hydrogens is 481 g/mol. The van der Waals surface area contributed by atoms with E-state index in [1.54, 1.807) is 11.3 Å². The summed E-state index contributed by atoms with van der Waals surface area (Å²) in [5.74, 6) is -0.321. The quantitative estimate of drug-likeness (QED) is 0.174. The van der Waals surface area contributed by atoms with E-state index in [1.165, 1.54) is 36.5 Å². The van der Waals surface area contributed by atoms with E-state index in [9.17, 15) is 4.79 Å². The zero-order chi connectivity index (χ0) is 19.3. The molecule has 0 saturated heterocycles. The lowest BCUT2D eigenvalue weighted by molar-refractivity contribution is -0.464. The van der Waals surface area contributed by atoms with Crippen LogP contribution < -0.4 is 4.40 Å². The minimum absolute atomic E-state index is 0.321. The standard InChI is InChI=1S/C23H15INO2S/c1-27-23(26)15-12-10-14(11-13-15)21-20(24)16-6-2-3-7-17(16)22-25(21)18-8-4-5-9-19(18)28-22/h2-13H,1H3/q+1. The van der Waals surface area contributed by atoms with Crippen molar-refractivity contribution in [3.05, 3.63) is 81.9 Å². The predicted octanol–water partition coefficient (Wildman–Crippen LogP) is 5.85. The molecule has 0 amide bonds. The second-order valence-corrected chi connectivity index (χ2v) is 8.60. The van der Waals surface area contributed by atoms with Crippen molar-refractivity contribution in [3.63, 3.8) is 0 Å². The molecule has 0 fully saturated rings. The minimum atomic E-state index is -0.321. The number of pyridine rings is 1. The van der Waals surface area contributed by atoms with Crippen molar-refractivity contribution < 1.29 is 13.9 Å². The van der Waals surface area contributed by atoms with Gasteiger partial charge in [-0.15, -0.1) is 4.40 Å². The molecule has 0 spiro atoms. The molecule has 0 saturated carbocycles. The Labute approximate surface area is 179 Å². The number of methoxy groups -OCH3 is 1. The largest absolute Gasteiger partial charge is 0.465 e. The Hall–Kier alpha value is -2.51. The lowest BCUT2D eigenvalue weighted by atomic mass is 10.0. The monoisotopic (exact) mass is 496 g/mol. The fraction of sp³-hybridized carbons (Fsp3) is 0.0435. The summed E-state index contributed by atoms with van der Waals surface area (Å²) < 4.78 is 9.63. The van der Waals surface area contributed by atoms with Crippen LogP contribution in [0, 0.1) is 3.57 Å². The van der Waals surface area contributed by atoms with E-state index in [2.05, 4.69) is 75.5 Å². The molecule has 2 aromatic heterocycles. The summed E-state index contributed by atoms with van der Waals surface area (Å²) in [5.41, 5.74) is 3.96. The number of carbonyl (C=O) groups excluding carboxylic acids is 1. The molecule has 2 heterocycles. The first-order valence-corrected chi connectivity index (χ1v) is 10.7. The molecule has 0 N–H and O–H groups in total. The zero-order valence-electron chi connectivity index (χ0n) is 15.0. The van der Waals surface area contributed by atoms with Gasteiger partial charge in [-0.05, 0) is 59.0 Å². The van der Waals surface area contributed by atoms with E-state index in [1.807, 2.05) is 24.3 Å². The van der Waals surface area contributed by atoms with Crippen molar-refractivity contribution >= 4 is 65.7 Å². The van der Waals surface area contributed by atoms with Gasteiger partial charge in [0.15, 0.2) is 0 Å². The maximum Gasteiger partial charge on any atom is 0.337 e. The number of ether oxygens (including phenoxy) is 1. The molecule has 0 bridgehead atoms. The highest BCUT2D eigenvalue weighted by Crippen LogP contribution is 2.35. The molecular formula is C23H15INO2S+. The second-order valence-electron chi connectivity index (χ2n) is 6.49. The van der Waals surface area contributed by atoms with Gasteiger partial charge in [-0.3, -0.25) is 0 Å². The van der Waals surface area contributed by atoms with E-state index >= 15 is 0 Å². The molecule has 0 aliphatic rings. The number of rotatable bonds is 2. The molecule has 5 rings (SSSR count). The Morgan fingerprint density at radius 3 is 2.36 bits per heavy atom. The third-order valence-corrected chi connectivity index (χ3v) is 7.17. The van der Waals surface area contributed by atoms with Gasteiger partial charge in [0.05, 0.1) is 21.6 Å². The van der Waals surface area contributed by atoms with E-state index in [0.717, 1.165) is 11.3 Å². The Morgan fingerprint density at radius 2 is 1.61 bits per heavy atom. The fourth-order valence-corrected chi connectivity index (χ4v) is 5.82. The Kier molecular flexibility index (Phi) is 4.29. The number of esters is 1. The van der Waals surface area contributed by atoms with Crippen molar-refractivity contribution in [2.24, 2.45) is 0 Å². The summed E-state index contributed by atoms with van der Waals surface area (Å²) in [6, 6.07) is 24.7. The van der Waals surface area contributed by atoms with Crippen LogP contribution >= 0.6 is 33.9 Å². The first kappa shape index (κ1) is 17.6. The average Bonchev–Trinajstić information content (AvgIpc) is 3.13. The molecule has 3 nitrogen and oxygen atoms in total. The van der Waals surface area contributed by atoms with Gasteiger partial charge < -0.3 is 4.74 Å². The lowest BCUT2D eigenvalue weighted by Gasteiger charge is -2.06. The molecule has 0 unspecified atom stereocenters. The van der Waals surface area contributed by atoms with Crippen molar-refractivity contribution in [2.75, 3.05) is 7.11 Å². The molecule has 28 heavy (non-hydrogen) atoms. The number of halogens is 1. The predicted molar refractivity (Wildman–Crippen MR) is 122 cm³/mol. The molecule has 0 atom stereocenters. The van der Waals surface area contributed by atoms with Crippen LogP contribution in [0.4, 0.5) is 0 Å². The summed E-state index contributed by atoms with van der Waals surface area (Å²) in [5, 5.41) is 2.49. The van der Waals surface area contributed by atoms with Gasteiger partial charge >= 0.3 is 5.97 Å². The number of nitrogens with zero attached hydrogens (tertiary/aromatic N) is 1. The maximum absolute atomic E-state index is 11.8. The third kappa shape index (κ3) is 2.61. The first-order chi connectivity index (χ1) is 13.7. The molecule has 0 radical (unpaired) electrons. The molecule has 0 aliphatic heterocycles. The van der Waals surface area contributed by atoms with Gasteiger partial charge in [-0.1, -0.05) is 41.7 Å². The highest BCUT2D eigenvalue weighted by Gasteiger charge is 2.26. The van der Waals surface area contributed by atoms with Crippen LogP contribution in [0.5, 0.6) is 0 Å².